The largest absolute Gasteiger partial charge is 0.390 e. The van der Waals surface area contributed by atoms with Crippen molar-refractivity contribution in [3.63, 3.8) is 0 Å². The van der Waals surface area contributed by atoms with Gasteiger partial charge in [-0.3, -0.25) is 0 Å². The summed E-state index contributed by atoms with van der Waals surface area (Å²) in [5.41, 5.74) is 0. The maximum atomic E-state index is 12.1. The molecule has 0 spiro atoms. The second kappa shape index (κ2) is 7.67. The SMILES string of the molecule is Cl.FC(F)(F)CCNC1CCCC1C1COCCN1. The van der Waals surface area contributed by atoms with Gasteiger partial charge in [-0.05, 0) is 18.8 Å². The normalized spacial score (nSPS) is 32.1. The van der Waals surface area contributed by atoms with E-state index in [1.807, 2.05) is 0 Å². The van der Waals surface area contributed by atoms with Gasteiger partial charge in [-0.25, -0.2) is 0 Å². The maximum absolute atomic E-state index is 12.1. The van der Waals surface area contributed by atoms with Gasteiger partial charge < -0.3 is 15.4 Å². The van der Waals surface area contributed by atoms with Crippen LogP contribution in [0.3, 0.4) is 0 Å². The fraction of sp³-hybridized carbons (Fsp3) is 1.00. The predicted molar refractivity (Wildman–Crippen MR) is 69.7 cm³/mol. The number of rotatable bonds is 4. The molecule has 19 heavy (non-hydrogen) atoms. The van der Waals surface area contributed by atoms with Crippen LogP contribution in [0.25, 0.3) is 0 Å². The molecule has 2 fully saturated rings. The summed E-state index contributed by atoms with van der Waals surface area (Å²) >= 11 is 0. The van der Waals surface area contributed by atoms with E-state index in [4.69, 9.17) is 4.74 Å². The van der Waals surface area contributed by atoms with Crippen molar-refractivity contribution in [3.05, 3.63) is 0 Å². The molecule has 3 unspecified atom stereocenters. The molecule has 0 amide bonds. The zero-order chi connectivity index (χ0) is 13.0. The average Bonchev–Trinajstić information content (AvgIpc) is 2.77. The molecule has 1 saturated heterocycles. The molecule has 0 aromatic heterocycles. The highest BCUT2D eigenvalue weighted by atomic mass is 35.5. The lowest BCUT2D eigenvalue weighted by Gasteiger charge is -2.33. The van der Waals surface area contributed by atoms with Crippen LogP contribution in [0.4, 0.5) is 13.2 Å². The topological polar surface area (TPSA) is 33.3 Å². The Morgan fingerprint density at radius 3 is 2.68 bits per heavy atom. The lowest BCUT2D eigenvalue weighted by atomic mass is 9.94. The Morgan fingerprint density at radius 2 is 2.05 bits per heavy atom. The van der Waals surface area contributed by atoms with Gasteiger partial charge in [0.2, 0.25) is 0 Å². The highest BCUT2D eigenvalue weighted by Gasteiger charge is 2.35. The Kier molecular flexibility index (Phi) is 6.86. The van der Waals surface area contributed by atoms with Crippen LogP contribution in [0.15, 0.2) is 0 Å². The minimum atomic E-state index is -4.06. The molecule has 0 aromatic carbocycles. The molecule has 3 nitrogen and oxygen atoms in total. The van der Waals surface area contributed by atoms with Gasteiger partial charge in [0.25, 0.3) is 0 Å². The molecule has 0 aromatic rings. The van der Waals surface area contributed by atoms with Crippen molar-refractivity contribution in [2.75, 3.05) is 26.3 Å². The van der Waals surface area contributed by atoms with E-state index in [2.05, 4.69) is 10.6 Å². The maximum Gasteiger partial charge on any atom is 0.390 e. The number of ether oxygens (including phenoxy) is 1. The summed E-state index contributed by atoms with van der Waals surface area (Å²) in [6.07, 6.45) is -1.67. The summed E-state index contributed by atoms with van der Waals surface area (Å²) < 4.78 is 41.8. The van der Waals surface area contributed by atoms with Gasteiger partial charge in [0.15, 0.2) is 0 Å². The van der Waals surface area contributed by atoms with Crippen LogP contribution in [0.5, 0.6) is 0 Å². The average molecular weight is 303 g/mol. The third-order valence-corrected chi connectivity index (χ3v) is 3.85. The van der Waals surface area contributed by atoms with E-state index in [1.54, 1.807) is 0 Å². The molecule has 2 rings (SSSR count). The monoisotopic (exact) mass is 302 g/mol. The first-order valence-corrected chi connectivity index (χ1v) is 6.67. The predicted octanol–water partition coefficient (Wildman–Crippen LogP) is 2.11. The first kappa shape index (κ1) is 17.0. The van der Waals surface area contributed by atoms with Crippen LogP contribution in [-0.4, -0.2) is 44.6 Å². The number of hydrogen-bond donors (Lipinski definition) is 2. The van der Waals surface area contributed by atoms with Gasteiger partial charge >= 0.3 is 6.18 Å². The summed E-state index contributed by atoms with van der Waals surface area (Å²) in [5, 5.41) is 6.48. The van der Waals surface area contributed by atoms with Crippen LogP contribution >= 0.6 is 12.4 Å². The van der Waals surface area contributed by atoms with Crippen LogP contribution in [0.1, 0.15) is 25.7 Å². The van der Waals surface area contributed by atoms with Crippen molar-refractivity contribution >= 4 is 12.4 Å². The third kappa shape index (κ3) is 5.45. The molecule has 7 heteroatoms. The highest BCUT2D eigenvalue weighted by molar-refractivity contribution is 5.85. The molecule has 3 atom stereocenters. The van der Waals surface area contributed by atoms with Crippen LogP contribution < -0.4 is 10.6 Å². The molecule has 0 bridgehead atoms. The quantitative estimate of drug-likeness (QED) is 0.834. The number of halogens is 4. The van der Waals surface area contributed by atoms with Crippen molar-refractivity contribution in [1.29, 1.82) is 0 Å². The van der Waals surface area contributed by atoms with Gasteiger partial charge in [0, 0.05) is 25.2 Å². The smallest absolute Gasteiger partial charge is 0.379 e. The van der Waals surface area contributed by atoms with E-state index in [0.717, 1.165) is 32.4 Å². The van der Waals surface area contributed by atoms with E-state index in [0.29, 0.717) is 18.6 Å². The van der Waals surface area contributed by atoms with E-state index in [1.165, 1.54) is 0 Å². The molecule has 1 heterocycles. The molecule has 1 aliphatic heterocycles. The molecular formula is C12H22ClF3N2O. The first-order chi connectivity index (χ1) is 8.56. The first-order valence-electron chi connectivity index (χ1n) is 6.67. The van der Waals surface area contributed by atoms with Crippen LogP contribution in [0.2, 0.25) is 0 Å². The summed E-state index contributed by atoms with van der Waals surface area (Å²) in [7, 11) is 0. The van der Waals surface area contributed by atoms with E-state index in [-0.39, 0.29) is 25.0 Å². The molecule has 1 saturated carbocycles. The lowest BCUT2D eigenvalue weighted by molar-refractivity contribution is -0.133. The number of nitrogens with one attached hydrogen (secondary N) is 2. The van der Waals surface area contributed by atoms with Crippen molar-refractivity contribution in [3.8, 4) is 0 Å². The molecule has 2 aliphatic rings. The second-order valence-electron chi connectivity index (χ2n) is 5.16. The van der Waals surface area contributed by atoms with E-state index < -0.39 is 12.6 Å². The van der Waals surface area contributed by atoms with Crippen LogP contribution in [0, 0.1) is 5.92 Å². The summed E-state index contributed by atoms with van der Waals surface area (Å²) in [4.78, 5) is 0. The molecule has 0 radical (unpaired) electrons. The minimum absolute atomic E-state index is 0. The second-order valence-corrected chi connectivity index (χ2v) is 5.16. The zero-order valence-corrected chi connectivity index (χ0v) is 11.7. The Morgan fingerprint density at radius 1 is 1.26 bits per heavy atom. The Labute approximate surface area is 118 Å². The van der Waals surface area contributed by atoms with E-state index >= 15 is 0 Å². The van der Waals surface area contributed by atoms with Gasteiger partial charge in [-0.1, -0.05) is 6.42 Å². The van der Waals surface area contributed by atoms with E-state index in [9.17, 15) is 13.2 Å². The van der Waals surface area contributed by atoms with Crippen molar-refractivity contribution in [2.45, 2.75) is 43.9 Å². The van der Waals surface area contributed by atoms with Crippen LogP contribution in [-0.2, 0) is 4.74 Å². The van der Waals surface area contributed by atoms with Gasteiger partial charge in [-0.2, -0.15) is 13.2 Å². The fourth-order valence-corrected chi connectivity index (χ4v) is 2.98. The Hall–Kier alpha value is -0.0400. The Bertz CT molecular complexity index is 260. The summed E-state index contributed by atoms with van der Waals surface area (Å²) in [6, 6.07) is 0.496. The number of hydrogen-bond acceptors (Lipinski definition) is 3. The van der Waals surface area contributed by atoms with Crippen molar-refractivity contribution < 1.29 is 17.9 Å². The van der Waals surface area contributed by atoms with Gasteiger partial charge in [0.1, 0.15) is 0 Å². The number of morpholine rings is 1. The van der Waals surface area contributed by atoms with Crippen molar-refractivity contribution in [1.82, 2.24) is 10.6 Å². The molecule has 114 valence electrons. The van der Waals surface area contributed by atoms with Crippen molar-refractivity contribution in [2.24, 2.45) is 5.92 Å². The third-order valence-electron chi connectivity index (χ3n) is 3.85. The highest BCUT2D eigenvalue weighted by Crippen LogP contribution is 2.29. The summed E-state index contributed by atoms with van der Waals surface area (Å²) in [5.74, 6) is 0.401. The standard InChI is InChI=1S/C12H21F3N2O.ClH/c13-12(14,15)4-5-16-10-3-1-2-9(10)11-8-18-7-6-17-11;/h9-11,16-17H,1-8H2;1H. The van der Waals surface area contributed by atoms with Gasteiger partial charge in [-0.15, -0.1) is 12.4 Å². The molecular weight excluding hydrogens is 281 g/mol. The Balaban J connectivity index is 0.00000180. The van der Waals surface area contributed by atoms with Gasteiger partial charge in [0.05, 0.1) is 19.6 Å². The zero-order valence-electron chi connectivity index (χ0n) is 10.8. The number of alkyl halides is 3. The molecule has 1 aliphatic carbocycles. The lowest BCUT2D eigenvalue weighted by Crippen LogP contribution is -2.51. The molecule has 2 N–H and O–H groups in total. The minimum Gasteiger partial charge on any atom is -0.379 e. The fourth-order valence-electron chi connectivity index (χ4n) is 2.98. The summed E-state index contributed by atoms with van der Waals surface area (Å²) in [6.45, 7) is 2.28.